The van der Waals surface area contributed by atoms with Crippen molar-refractivity contribution in [1.82, 2.24) is 0 Å². The first kappa shape index (κ1) is 11.3. The van der Waals surface area contributed by atoms with E-state index in [-0.39, 0.29) is 11.8 Å². The van der Waals surface area contributed by atoms with Crippen LogP contribution in [0.25, 0.3) is 0 Å². The Morgan fingerprint density at radius 3 is 2.64 bits per heavy atom. The first-order chi connectivity index (χ1) is 6.49. The van der Waals surface area contributed by atoms with Gasteiger partial charge in [-0.05, 0) is 31.0 Å². The van der Waals surface area contributed by atoms with Gasteiger partial charge < -0.3 is 10.8 Å². The topological polar surface area (TPSA) is 46.2 Å². The van der Waals surface area contributed by atoms with E-state index in [0.717, 1.165) is 21.2 Å². The molecule has 76 valence electrons. The van der Waals surface area contributed by atoms with Crippen LogP contribution in [0.2, 0.25) is 0 Å². The number of hydrogen-bond acceptors (Lipinski definition) is 2. The first-order valence-electron chi connectivity index (χ1n) is 4.35. The van der Waals surface area contributed by atoms with E-state index in [4.69, 9.17) is 5.73 Å². The maximum atomic E-state index is 9.75. The molecule has 0 fully saturated rings. The molecule has 0 spiro atoms. The van der Waals surface area contributed by atoms with E-state index in [9.17, 15) is 5.11 Å². The van der Waals surface area contributed by atoms with Gasteiger partial charge in [0.25, 0.3) is 0 Å². The highest BCUT2D eigenvalue weighted by molar-refractivity contribution is 9.10. The second-order valence-electron chi connectivity index (χ2n) is 3.33. The van der Waals surface area contributed by atoms with Gasteiger partial charge >= 0.3 is 0 Å². The van der Waals surface area contributed by atoms with E-state index in [1.54, 1.807) is 12.1 Å². The highest BCUT2D eigenvalue weighted by Gasteiger charge is 2.14. The highest BCUT2D eigenvalue weighted by atomic mass is 79.9. The molecule has 3 N–H and O–H groups in total. The van der Waals surface area contributed by atoms with Crippen LogP contribution in [-0.2, 0) is 0 Å². The smallest absolute Gasteiger partial charge is 0.121 e. The van der Waals surface area contributed by atoms with Gasteiger partial charge in [-0.25, -0.2) is 0 Å². The summed E-state index contributed by atoms with van der Waals surface area (Å²) in [6.45, 7) is 7.48. The van der Waals surface area contributed by atoms with Crippen LogP contribution in [0.15, 0.2) is 23.2 Å². The normalized spacial score (nSPS) is 12.6. The zero-order chi connectivity index (χ0) is 10.9. The number of aromatic hydroxyl groups is 1. The number of rotatable bonds is 2. The van der Waals surface area contributed by atoms with Crippen molar-refractivity contribution in [2.45, 2.75) is 19.9 Å². The predicted molar refractivity (Wildman–Crippen MR) is 62.4 cm³/mol. The van der Waals surface area contributed by atoms with Crippen LogP contribution >= 0.6 is 15.9 Å². The minimum atomic E-state index is -0.327. The number of halogens is 1. The van der Waals surface area contributed by atoms with Crippen molar-refractivity contribution < 1.29 is 5.11 Å². The van der Waals surface area contributed by atoms with E-state index in [0.29, 0.717) is 0 Å². The number of benzene rings is 1. The van der Waals surface area contributed by atoms with E-state index < -0.39 is 0 Å². The second kappa shape index (κ2) is 4.15. The highest BCUT2D eigenvalue weighted by Crippen LogP contribution is 2.34. The summed E-state index contributed by atoms with van der Waals surface area (Å²) in [4.78, 5) is 0. The van der Waals surface area contributed by atoms with Gasteiger partial charge in [0.15, 0.2) is 0 Å². The minimum Gasteiger partial charge on any atom is -0.508 e. The standard InChI is InChI=1S/C11H14BrNO/c1-4-8(13)10-7(3)11(12)6(2)5-9(10)14/h4-5,8,14H,1,13H2,2-3H3/t8-/m1/s1. The Labute approximate surface area is 92.6 Å². The van der Waals surface area contributed by atoms with Crippen molar-refractivity contribution in [3.8, 4) is 5.75 Å². The molecule has 0 bridgehead atoms. The molecule has 14 heavy (non-hydrogen) atoms. The first-order valence-corrected chi connectivity index (χ1v) is 5.15. The molecule has 1 aromatic rings. The number of hydrogen-bond donors (Lipinski definition) is 2. The molecule has 0 unspecified atom stereocenters. The summed E-state index contributed by atoms with van der Waals surface area (Å²) in [6, 6.07) is 1.38. The lowest BCUT2D eigenvalue weighted by Crippen LogP contribution is -2.09. The molecule has 1 rings (SSSR count). The van der Waals surface area contributed by atoms with Gasteiger partial charge in [0, 0.05) is 10.0 Å². The quantitative estimate of drug-likeness (QED) is 0.799. The summed E-state index contributed by atoms with van der Waals surface area (Å²) in [6.07, 6.45) is 1.61. The van der Waals surface area contributed by atoms with E-state index in [2.05, 4.69) is 22.5 Å². The zero-order valence-corrected chi connectivity index (χ0v) is 9.93. The van der Waals surface area contributed by atoms with Crippen LogP contribution < -0.4 is 5.73 Å². The molecule has 1 aromatic carbocycles. The largest absolute Gasteiger partial charge is 0.508 e. The van der Waals surface area contributed by atoms with Crippen LogP contribution in [-0.4, -0.2) is 5.11 Å². The maximum absolute atomic E-state index is 9.75. The SMILES string of the molecule is C=C[C@@H](N)c1c(O)cc(C)c(Br)c1C. The van der Waals surface area contributed by atoms with Crippen LogP contribution in [0.4, 0.5) is 0 Å². The van der Waals surface area contributed by atoms with Crippen molar-refractivity contribution >= 4 is 15.9 Å². The zero-order valence-electron chi connectivity index (χ0n) is 8.34. The van der Waals surface area contributed by atoms with Crippen LogP contribution in [0.3, 0.4) is 0 Å². The molecule has 0 heterocycles. The molecule has 0 aliphatic rings. The third-order valence-electron chi connectivity index (χ3n) is 2.30. The molecule has 0 saturated carbocycles. The summed E-state index contributed by atoms with van der Waals surface area (Å²) in [5.74, 6) is 0.232. The molecular weight excluding hydrogens is 242 g/mol. The molecule has 0 aliphatic heterocycles. The van der Waals surface area contributed by atoms with E-state index in [1.807, 2.05) is 13.8 Å². The fourth-order valence-corrected chi connectivity index (χ4v) is 1.82. The summed E-state index contributed by atoms with van der Waals surface area (Å²) in [7, 11) is 0. The number of phenols is 1. The fraction of sp³-hybridized carbons (Fsp3) is 0.273. The fourth-order valence-electron chi connectivity index (χ4n) is 1.49. The van der Waals surface area contributed by atoms with Crippen LogP contribution in [0.1, 0.15) is 22.7 Å². The Morgan fingerprint density at radius 1 is 1.57 bits per heavy atom. The lowest BCUT2D eigenvalue weighted by molar-refractivity contribution is 0.464. The van der Waals surface area contributed by atoms with Crippen molar-refractivity contribution in [3.63, 3.8) is 0 Å². The monoisotopic (exact) mass is 255 g/mol. The summed E-state index contributed by atoms with van der Waals surface area (Å²) >= 11 is 3.46. The van der Waals surface area contributed by atoms with Gasteiger partial charge in [-0.1, -0.05) is 22.0 Å². The summed E-state index contributed by atoms with van der Waals surface area (Å²) in [5.41, 5.74) is 8.52. The Bertz CT molecular complexity index is 374. The Hall–Kier alpha value is -0.800. The molecule has 0 aromatic heterocycles. The van der Waals surface area contributed by atoms with Crippen molar-refractivity contribution in [1.29, 1.82) is 0 Å². The second-order valence-corrected chi connectivity index (χ2v) is 4.12. The van der Waals surface area contributed by atoms with Gasteiger partial charge in [0.05, 0.1) is 6.04 Å². The molecule has 0 aliphatic carbocycles. The van der Waals surface area contributed by atoms with Crippen molar-refractivity contribution in [3.05, 3.63) is 39.9 Å². The Morgan fingerprint density at radius 2 is 2.14 bits per heavy atom. The molecular formula is C11H14BrNO. The number of nitrogens with two attached hydrogens (primary N) is 1. The van der Waals surface area contributed by atoms with Crippen LogP contribution in [0.5, 0.6) is 5.75 Å². The van der Waals surface area contributed by atoms with Gasteiger partial charge in [-0.15, -0.1) is 6.58 Å². The molecule has 0 radical (unpaired) electrons. The molecule has 1 atom stereocenters. The van der Waals surface area contributed by atoms with Crippen molar-refractivity contribution in [2.24, 2.45) is 5.73 Å². The van der Waals surface area contributed by atoms with E-state index >= 15 is 0 Å². The lowest BCUT2D eigenvalue weighted by Gasteiger charge is -2.15. The molecule has 0 saturated heterocycles. The van der Waals surface area contributed by atoms with E-state index in [1.165, 1.54) is 0 Å². The molecule has 2 nitrogen and oxygen atoms in total. The van der Waals surface area contributed by atoms with Gasteiger partial charge in [-0.3, -0.25) is 0 Å². The minimum absolute atomic E-state index is 0.232. The molecule has 0 amide bonds. The summed E-state index contributed by atoms with van der Waals surface area (Å²) < 4.78 is 0.989. The molecule has 3 heteroatoms. The summed E-state index contributed by atoms with van der Waals surface area (Å²) in [5, 5.41) is 9.75. The van der Waals surface area contributed by atoms with Gasteiger partial charge in [0.1, 0.15) is 5.75 Å². The van der Waals surface area contributed by atoms with Gasteiger partial charge in [-0.2, -0.15) is 0 Å². The average Bonchev–Trinajstić information content (AvgIpc) is 2.14. The van der Waals surface area contributed by atoms with Crippen molar-refractivity contribution in [2.75, 3.05) is 0 Å². The number of phenolic OH excluding ortho intramolecular Hbond substituents is 1. The van der Waals surface area contributed by atoms with Gasteiger partial charge in [0.2, 0.25) is 0 Å². The average molecular weight is 256 g/mol. The maximum Gasteiger partial charge on any atom is 0.121 e. The Balaban J connectivity index is 3.43. The Kier molecular flexibility index (Phi) is 3.34. The lowest BCUT2D eigenvalue weighted by atomic mass is 9.98. The number of aryl methyl sites for hydroxylation is 1. The van der Waals surface area contributed by atoms with Crippen LogP contribution in [0, 0.1) is 13.8 Å². The third-order valence-corrected chi connectivity index (χ3v) is 3.52. The predicted octanol–water partition coefficient (Wildman–Crippen LogP) is 2.96. The third kappa shape index (κ3) is 1.83.